The van der Waals surface area contributed by atoms with E-state index in [-0.39, 0.29) is 18.6 Å². The summed E-state index contributed by atoms with van der Waals surface area (Å²) in [4.78, 5) is 12.2. The third-order valence-corrected chi connectivity index (χ3v) is 3.41. The fraction of sp³-hybridized carbons (Fsp3) is 0.533. The van der Waals surface area contributed by atoms with E-state index in [1.54, 1.807) is 0 Å². The maximum Gasteiger partial charge on any atom is 0.251 e. The van der Waals surface area contributed by atoms with E-state index >= 15 is 0 Å². The standard InChI is InChI=1S/C15H22N2O2/c1-10(2)5-14(9-18)17-15(19)11-3-4-12-7-16-8-13(12)6-11/h3-4,6,10,14,16,18H,5,7-9H2,1-2H3,(H,17,19). The van der Waals surface area contributed by atoms with Crippen LogP contribution in [0, 0.1) is 5.92 Å². The Bertz CT molecular complexity index is 457. The van der Waals surface area contributed by atoms with Crippen LogP contribution in [0.2, 0.25) is 0 Å². The van der Waals surface area contributed by atoms with E-state index in [4.69, 9.17) is 0 Å². The number of nitrogens with one attached hydrogen (secondary N) is 2. The summed E-state index contributed by atoms with van der Waals surface area (Å²) < 4.78 is 0. The first-order chi connectivity index (χ1) is 9.10. The molecule has 1 aromatic carbocycles. The van der Waals surface area contributed by atoms with Gasteiger partial charge in [-0.2, -0.15) is 0 Å². The molecule has 1 aromatic rings. The molecule has 0 saturated carbocycles. The van der Waals surface area contributed by atoms with Crippen LogP contribution in [-0.2, 0) is 13.1 Å². The number of hydrogen-bond acceptors (Lipinski definition) is 3. The average Bonchev–Trinajstić information content (AvgIpc) is 2.84. The van der Waals surface area contributed by atoms with Crippen LogP contribution in [0.4, 0.5) is 0 Å². The Morgan fingerprint density at radius 1 is 1.37 bits per heavy atom. The molecule has 1 aliphatic heterocycles. The van der Waals surface area contributed by atoms with Gasteiger partial charge in [0.25, 0.3) is 5.91 Å². The first-order valence-electron chi connectivity index (χ1n) is 6.84. The van der Waals surface area contributed by atoms with Crippen LogP contribution >= 0.6 is 0 Å². The Labute approximate surface area is 114 Å². The van der Waals surface area contributed by atoms with Crippen molar-refractivity contribution in [3.05, 3.63) is 34.9 Å². The summed E-state index contributed by atoms with van der Waals surface area (Å²) in [6.45, 7) is 5.85. The predicted molar refractivity (Wildman–Crippen MR) is 74.8 cm³/mol. The monoisotopic (exact) mass is 262 g/mol. The van der Waals surface area contributed by atoms with E-state index < -0.39 is 0 Å². The predicted octanol–water partition coefficient (Wildman–Crippen LogP) is 1.43. The highest BCUT2D eigenvalue weighted by Gasteiger charge is 2.17. The Morgan fingerprint density at radius 2 is 2.11 bits per heavy atom. The van der Waals surface area contributed by atoms with Gasteiger partial charge in [0.2, 0.25) is 0 Å². The number of rotatable bonds is 5. The molecular weight excluding hydrogens is 240 g/mol. The van der Waals surface area contributed by atoms with Crippen molar-refractivity contribution in [3.63, 3.8) is 0 Å². The molecule has 0 saturated heterocycles. The maximum absolute atomic E-state index is 12.2. The van der Waals surface area contributed by atoms with Crippen LogP contribution in [0.3, 0.4) is 0 Å². The van der Waals surface area contributed by atoms with Crippen molar-refractivity contribution in [3.8, 4) is 0 Å². The van der Waals surface area contributed by atoms with Crippen LogP contribution in [0.1, 0.15) is 41.8 Å². The Hall–Kier alpha value is -1.39. The van der Waals surface area contributed by atoms with Gasteiger partial charge in [0.05, 0.1) is 12.6 Å². The fourth-order valence-electron chi connectivity index (χ4n) is 2.45. The normalized spacial score (nSPS) is 15.4. The minimum Gasteiger partial charge on any atom is -0.394 e. The molecule has 0 spiro atoms. The lowest BCUT2D eigenvalue weighted by Crippen LogP contribution is -2.38. The second-order valence-electron chi connectivity index (χ2n) is 5.57. The number of carbonyl (C=O) groups excluding carboxylic acids is 1. The molecule has 0 fully saturated rings. The number of aliphatic hydroxyl groups excluding tert-OH is 1. The van der Waals surface area contributed by atoms with Crippen LogP contribution in [-0.4, -0.2) is 23.7 Å². The second kappa shape index (κ2) is 6.17. The van der Waals surface area contributed by atoms with Crippen molar-refractivity contribution in [2.45, 2.75) is 39.4 Å². The summed E-state index contributed by atoms with van der Waals surface area (Å²) in [6, 6.07) is 5.62. The van der Waals surface area contributed by atoms with Crippen LogP contribution < -0.4 is 10.6 Å². The zero-order chi connectivity index (χ0) is 13.8. The van der Waals surface area contributed by atoms with Crippen molar-refractivity contribution in [2.75, 3.05) is 6.61 Å². The van der Waals surface area contributed by atoms with Crippen molar-refractivity contribution in [1.29, 1.82) is 0 Å². The molecule has 1 atom stereocenters. The number of amides is 1. The van der Waals surface area contributed by atoms with E-state index in [0.29, 0.717) is 11.5 Å². The molecule has 2 rings (SSSR count). The van der Waals surface area contributed by atoms with E-state index in [1.807, 2.05) is 18.2 Å². The van der Waals surface area contributed by atoms with Gasteiger partial charge in [-0.25, -0.2) is 0 Å². The Balaban J connectivity index is 2.03. The van der Waals surface area contributed by atoms with Gasteiger partial charge in [0.1, 0.15) is 0 Å². The molecule has 0 bridgehead atoms. The van der Waals surface area contributed by atoms with Gasteiger partial charge in [-0.15, -0.1) is 0 Å². The summed E-state index contributed by atoms with van der Waals surface area (Å²) in [6.07, 6.45) is 0.786. The molecule has 19 heavy (non-hydrogen) atoms. The molecule has 1 heterocycles. The molecule has 4 nitrogen and oxygen atoms in total. The van der Waals surface area contributed by atoms with E-state index in [1.165, 1.54) is 11.1 Å². The highest BCUT2D eigenvalue weighted by molar-refractivity contribution is 5.94. The zero-order valence-electron chi connectivity index (χ0n) is 11.6. The summed E-state index contributed by atoms with van der Waals surface area (Å²) in [5.74, 6) is 0.344. The van der Waals surface area contributed by atoms with Crippen LogP contribution in [0.15, 0.2) is 18.2 Å². The Morgan fingerprint density at radius 3 is 2.79 bits per heavy atom. The van der Waals surface area contributed by atoms with Gasteiger partial charge in [0.15, 0.2) is 0 Å². The number of hydrogen-bond donors (Lipinski definition) is 3. The van der Waals surface area contributed by atoms with Gasteiger partial charge in [-0.1, -0.05) is 19.9 Å². The van der Waals surface area contributed by atoms with E-state index in [9.17, 15) is 9.90 Å². The quantitative estimate of drug-likeness (QED) is 0.752. The SMILES string of the molecule is CC(C)CC(CO)NC(=O)c1ccc2c(c1)CNC2. The lowest BCUT2D eigenvalue weighted by Gasteiger charge is -2.18. The van der Waals surface area contributed by atoms with E-state index in [0.717, 1.165) is 19.5 Å². The topological polar surface area (TPSA) is 61.4 Å². The Kier molecular flexibility index (Phi) is 4.56. The van der Waals surface area contributed by atoms with Crippen molar-refractivity contribution < 1.29 is 9.90 Å². The second-order valence-corrected chi connectivity index (χ2v) is 5.57. The smallest absolute Gasteiger partial charge is 0.251 e. The van der Waals surface area contributed by atoms with Crippen molar-refractivity contribution >= 4 is 5.91 Å². The average molecular weight is 262 g/mol. The largest absolute Gasteiger partial charge is 0.394 e. The highest BCUT2D eigenvalue weighted by Crippen LogP contribution is 2.17. The number of carbonyl (C=O) groups is 1. The molecular formula is C15H22N2O2. The molecule has 1 aliphatic rings. The third-order valence-electron chi connectivity index (χ3n) is 3.41. The minimum atomic E-state index is -0.168. The number of benzene rings is 1. The zero-order valence-corrected chi connectivity index (χ0v) is 11.6. The molecule has 1 unspecified atom stereocenters. The molecule has 4 heteroatoms. The van der Waals surface area contributed by atoms with Crippen LogP contribution in [0.5, 0.6) is 0 Å². The van der Waals surface area contributed by atoms with Gasteiger partial charge in [-0.05, 0) is 35.6 Å². The summed E-state index contributed by atoms with van der Waals surface area (Å²) in [5, 5.41) is 15.5. The molecule has 0 aliphatic carbocycles. The van der Waals surface area contributed by atoms with Gasteiger partial charge in [0, 0.05) is 18.7 Å². The summed E-state index contributed by atoms with van der Waals surface area (Å²) in [5.41, 5.74) is 3.12. The summed E-state index contributed by atoms with van der Waals surface area (Å²) >= 11 is 0. The van der Waals surface area contributed by atoms with Crippen molar-refractivity contribution in [1.82, 2.24) is 10.6 Å². The molecule has 104 valence electrons. The number of fused-ring (bicyclic) bond motifs is 1. The minimum absolute atomic E-state index is 0.0174. The first kappa shape index (κ1) is 14.0. The summed E-state index contributed by atoms with van der Waals surface area (Å²) in [7, 11) is 0. The van der Waals surface area contributed by atoms with Gasteiger partial charge >= 0.3 is 0 Å². The molecule has 3 N–H and O–H groups in total. The van der Waals surface area contributed by atoms with Crippen molar-refractivity contribution in [2.24, 2.45) is 5.92 Å². The fourth-order valence-corrected chi connectivity index (χ4v) is 2.45. The number of aliphatic hydroxyl groups is 1. The maximum atomic E-state index is 12.2. The lowest BCUT2D eigenvalue weighted by atomic mass is 10.0. The highest BCUT2D eigenvalue weighted by atomic mass is 16.3. The molecule has 0 aromatic heterocycles. The third kappa shape index (κ3) is 3.55. The molecule has 0 radical (unpaired) electrons. The van der Waals surface area contributed by atoms with E-state index in [2.05, 4.69) is 24.5 Å². The van der Waals surface area contributed by atoms with Gasteiger partial charge < -0.3 is 15.7 Å². The van der Waals surface area contributed by atoms with Crippen LogP contribution in [0.25, 0.3) is 0 Å². The van der Waals surface area contributed by atoms with Gasteiger partial charge in [-0.3, -0.25) is 4.79 Å². The molecule has 1 amide bonds. The lowest BCUT2D eigenvalue weighted by molar-refractivity contribution is 0.0908. The first-order valence-corrected chi connectivity index (χ1v) is 6.84.